The summed E-state index contributed by atoms with van der Waals surface area (Å²) in [6.07, 6.45) is -4.94. The van der Waals surface area contributed by atoms with Gasteiger partial charge in [-0.15, -0.1) is 0 Å². The molecule has 1 aromatic rings. The van der Waals surface area contributed by atoms with E-state index >= 15 is 0 Å². The molecule has 2 atom stereocenters. The average molecular weight is 346 g/mol. The Hall–Kier alpha value is -1.80. The first kappa shape index (κ1) is 18.5. The second-order valence-electron chi connectivity index (χ2n) is 6.03. The number of halogens is 3. The summed E-state index contributed by atoms with van der Waals surface area (Å²) in [5.41, 5.74) is 0.00902. The molecule has 1 saturated heterocycles. The molecule has 0 unspecified atom stereocenters. The van der Waals surface area contributed by atoms with Crippen molar-refractivity contribution < 1.29 is 27.8 Å². The highest BCUT2D eigenvalue weighted by Crippen LogP contribution is 2.34. The van der Waals surface area contributed by atoms with Gasteiger partial charge in [-0.25, -0.2) is 4.79 Å². The monoisotopic (exact) mass is 346 g/mol. The van der Waals surface area contributed by atoms with Crippen LogP contribution in [0.2, 0.25) is 0 Å². The molecule has 5 nitrogen and oxygen atoms in total. The third-order valence-electron chi connectivity index (χ3n) is 3.97. The van der Waals surface area contributed by atoms with Crippen LogP contribution in [0.4, 0.5) is 18.0 Å². The highest BCUT2D eigenvalue weighted by Gasteiger charge is 2.34. The second-order valence-corrected chi connectivity index (χ2v) is 6.03. The van der Waals surface area contributed by atoms with E-state index in [9.17, 15) is 23.1 Å². The van der Waals surface area contributed by atoms with E-state index in [4.69, 9.17) is 4.74 Å². The summed E-state index contributed by atoms with van der Waals surface area (Å²) >= 11 is 0. The van der Waals surface area contributed by atoms with Gasteiger partial charge in [0.1, 0.15) is 6.61 Å². The fourth-order valence-corrected chi connectivity index (χ4v) is 2.75. The van der Waals surface area contributed by atoms with Crippen LogP contribution in [0.5, 0.6) is 0 Å². The molecule has 0 saturated carbocycles. The van der Waals surface area contributed by atoms with E-state index in [-0.39, 0.29) is 12.6 Å². The van der Waals surface area contributed by atoms with Crippen LogP contribution in [0.15, 0.2) is 24.3 Å². The Morgan fingerprint density at radius 3 is 2.50 bits per heavy atom. The average Bonchev–Trinajstić information content (AvgIpc) is 2.87. The number of nitrogens with zero attached hydrogens (tertiary/aromatic N) is 2. The van der Waals surface area contributed by atoms with Crippen LogP contribution in [-0.2, 0) is 10.9 Å². The van der Waals surface area contributed by atoms with E-state index in [0.29, 0.717) is 25.1 Å². The van der Waals surface area contributed by atoms with Crippen molar-refractivity contribution >= 4 is 6.09 Å². The normalized spacial score (nSPS) is 21.8. The lowest BCUT2D eigenvalue weighted by atomic mass is 10.0. The van der Waals surface area contributed by atoms with Gasteiger partial charge in [0.25, 0.3) is 0 Å². The Kier molecular flexibility index (Phi) is 5.71. The maximum Gasteiger partial charge on any atom is 0.416 e. The van der Waals surface area contributed by atoms with Crippen LogP contribution < -0.4 is 0 Å². The van der Waals surface area contributed by atoms with E-state index in [1.807, 2.05) is 4.90 Å². The van der Waals surface area contributed by atoms with Gasteiger partial charge in [0, 0.05) is 33.2 Å². The molecule has 0 bridgehead atoms. The number of hydrogen-bond donors (Lipinski definition) is 1. The largest absolute Gasteiger partial charge is 0.448 e. The van der Waals surface area contributed by atoms with Crippen molar-refractivity contribution in [1.29, 1.82) is 0 Å². The van der Waals surface area contributed by atoms with Gasteiger partial charge in [0.05, 0.1) is 11.7 Å². The van der Waals surface area contributed by atoms with Crippen molar-refractivity contribution in [1.82, 2.24) is 9.80 Å². The molecular formula is C16H21F3N2O3. The van der Waals surface area contributed by atoms with Gasteiger partial charge in [-0.3, -0.25) is 4.90 Å². The standard InChI is InChI=1S/C16H21F3N2O3/c1-20(2)15(23)24-8-7-21-10-13(22)9-14(21)11-3-5-12(6-4-11)16(17,18)19/h3-6,13-14,22H,7-10H2,1-2H3/t13-,14+/m1/s1. The van der Waals surface area contributed by atoms with Crippen LogP contribution >= 0.6 is 0 Å². The molecule has 134 valence electrons. The van der Waals surface area contributed by atoms with E-state index in [1.54, 1.807) is 14.1 Å². The summed E-state index contributed by atoms with van der Waals surface area (Å²) in [5.74, 6) is 0. The number of benzene rings is 1. The number of amides is 1. The van der Waals surface area contributed by atoms with Crippen LogP contribution in [0.1, 0.15) is 23.6 Å². The number of aliphatic hydroxyl groups is 1. The third-order valence-corrected chi connectivity index (χ3v) is 3.97. The van der Waals surface area contributed by atoms with Gasteiger partial charge in [-0.1, -0.05) is 12.1 Å². The van der Waals surface area contributed by atoms with E-state index in [2.05, 4.69) is 0 Å². The fraction of sp³-hybridized carbons (Fsp3) is 0.562. The molecule has 0 radical (unpaired) electrons. The lowest BCUT2D eigenvalue weighted by Crippen LogP contribution is -2.31. The van der Waals surface area contributed by atoms with Gasteiger partial charge in [0.15, 0.2) is 0 Å². The smallest absolute Gasteiger partial charge is 0.416 e. The lowest BCUT2D eigenvalue weighted by Gasteiger charge is -2.24. The second kappa shape index (κ2) is 7.40. The Morgan fingerprint density at radius 2 is 1.96 bits per heavy atom. The SMILES string of the molecule is CN(C)C(=O)OCCN1C[C@H](O)C[C@H]1c1ccc(C(F)(F)F)cc1. The molecule has 1 aromatic carbocycles. The number of hydrogen-bond acceptors (Lipinski definition) is 4. The van der Waals surface area contributed by atoms with Crippen LogP contribution in [-0.4, -0.2) is 60.9 Å². The first-order valence-electron chi connectivity index (χ1n) is 7.62. The summed E-state index contributed by atoms with van der Waals surface area (Å²) < 4.78 is 43.0. The predicted octanol–water partition coefficient (Wildman–Crippen LogP) is 2.51. The van der Waals surface area contributed by atoms with Crippen molar-refractivity contribution in [3.63, 3.8) is 0 Å². The van der Waals surface area contributed by atoms with Crippen LogP contribution in [0.3, 0.4) is 0 Å². The molecule has 1 fully saturated rings. The van der Waals surface area contributed by atoms with E-state index < -0.39 is 23.9 Å². The van der Waals surface area contributed by atoms with E-state index in [1.165, 1.54) is 17.0 Å². The predicted molar refractivity (Wildman–Crippen MR) is 81.4 cm³/mol. The van der Waals surface area contributed by atoms with Crippen molar-refractivity contribution in [3.05, 3.63) is 35.4 Å². The molecule has 1 N–H and O–H groups in total. The first-order chi connectivity index (χ1) is 11.2. The number of alkyl halides is 3. The molecule has 1 heterocycles. The van der Waals surface area contributed by atoms with Crippen LogP contribution in [0.25, 0.3) is 0 Å². The van der Waals surface area contributed by atoms with Crippen LogP contribution in [0, 0.1) is 0 Å². The number of ether oxygens (including phenoxy) is 1. The minimum atomic E-state index is -4.37. The highest BCUT2D eigenvalue weighted by molar-refractivity contribution is 5.66. The van der Waals surface area contributed by atoms with Crippen molar-refractivity contribution in [2.75, 3.05) is 33.8 Å². The van der Waals surface area contributed by atoms with Gasteiger partial charge in [-0.05, 0) is 24.1 Å². The zero-order chi connectivity index (χ0) is 17.9. The summed E-state index contributed by atoms with van der Waals surface area (Å²) in [6.45, 7) is 0.953. The van der Waals surface area contributed by atoms with Gasteiger partial charge in [-0.2, -0.15) is 13.2 Å². The van der Waals surface area contributed by atoms with E-state index in [0.717, 1.165) is 12.1 Å². The Labute approximate surface area is 138 Å². The highest BCUT2D eigenvalue weighted by atomic mass is 19.4. The van der Waals surface area contributed by atoms with Gasteiger partial charge in [0.2, 0.25) is 0 Å². The van der Waals surface area contributed by atoms with Crippen molar-refractivity contribution in [2.45, 2.75) is 24.7 Å². The molecule has 0 spiro atoms. The first-order valence-corrected chi connectivity index (χ1v) is 7.62. The molecule has 1 aliphatic rings. The maximum atomic E-state index is 12.6. The number of carbonyl (C=O) groups is 1. The summed E-state index contributed by atoms with van der Waals surface area (Å²) in [7, 11) is 3.15. The topological polar surface area (TPSA) is 53.0 Å². The molecule has 1 amide bonds. The van der Waals surface area contributed by atoms with Gasteiger partial charge < -0.3 is 14.7 Å². The molecule has 8 heteroatoms. The number of aliphatic hydroxyl groups excluding tert-OH is 1. The number of β-amino-alcohol motifs (C(OH)–C–C–N with tert-alkyl or cyclic N) is 1. The maximum absolute atomic E-state index is 12.6. The van der Waals surface area contributed by atoms with Crippen molar-refractivity contribution in [2.24, 2.45) is 0 Å². The number of likely N-dealkylation sites (tertiary alicyclic amines) is 1. The molecular weight excluding hydrogens is 325 g/mol. The number of carbonyl (C=O) groups excluding carboxylic acids is 1. The summed E-state index contributed by atoms with van der Waals surface area (Å²) in [4.78, 5) is 14.6. The molecule has 0 aromatic heterocycles. The Balaban J connectivity index is 2.00. The molecule has 0 aliphatic carbocycles. The Bertz CT molecular complexity index is 561. The Morgan fingerprint density at radius 1 is 1.33 bits per heavy atom. The minimum absolute atomic E-state index is 0.154. The molecule has 1 aliphatic heterocycles. The lowest BCUT2D eigenvalue weighted by molar-refractivity contribution is -0.137. The molecule has 24 heavy (non-hydrogen) atoms. The zero-order valence-corrected chi connectivity index (χ0v) is 13.6. The van der Waals surface area contributed by atoms with Gasteiger partial charge >= 0.3 is 12.3 Å². The fourth-order valence-electron chi connectivity index (χ4n) is 2.75. The summed E-state index contributed by atoms with van der Waals surface area (Å²) in [5, 5.41) is 9.87. The zero-order valence-electron chi connectivity index (χ0n) is 13.6. The third kappa shape index (κ3) is 4.61. The molecule has 2 rings (SSSR count). The summed E-state index contributed by atoms with van der Waals surface area (Å²) in [6, 6.07) is 4.77. The number of rotatable bonds is 4. The minimum Gasteiger partial charge on any atom is -0.448 e. The van der Waals surface area contributed by atoms with Crippen molar-refractivity contribution in [3.8, 4) is 0 Å². The quantitative estimate of drug-likeness (QED) is 0.910.